The molecule has 1 fully saturated rings. The van der Waals surface area contributed by atoms with E-state index < -0.39 is 5.41 Å². The molecule has 0 saturated heterocycles. The molecule has 1 aliphatic heterocycles. The van der Waals surface area contributed by atoms with Gasteiger partial charge in [0.2, 0.25) is 6.79 Å². The van der Waals surface area contributed by atoms with Crippen LogP contribution in [0.25, 0.3) is 0 Å². The molecule has 0 radical (unpaired) electrons. The summed E-state index contributed by atoms with van der Waals surface area (Å²) in [4.78, 5) is 12.9. The van der Waals surface area contributed by atoms with Gasteiger partial charge in [0.15, 0.2) is 11.5 Å². The third-order valence-corrected chi connectivity index (χ3v) is 5.30. The van der Waals surface area contributed by atoms with E-state index in [1.807, 2.05) is 42.5 Å². The highest BCUT2D eigenvalue weighted by atomic mass is 35.5. The molecule has 0 amide bonds. The summed E-state index contributed by atoms with van der Waals surface area (Å²) in [5, 5.41) is 0.672. The van der Waals surface area contributed by atoms with E-state index in [2.05, 4.69) is 0 Å². The smallest absolute Gasteiger partial charge is 0.316 e. The van der Waals surface area contributed by atoms with Crippen molar-refractivity contribution in [3.05, 3.63) is 58.6 Å². The lowest BCUT2D eigenvalue weighted by Crippen LogP contribution is -2.34. The maximum Gasteiger partial charge on any atom is 0.316 e. The van der Waals surface area contributed by atoms with Crippen molar-refractivity contribution in [1.29, 1.82) is 0 Å². The zero-order valence-corrected chi connectivity index (χ0v) is 14.6. The molecule has 1 heterocycles. The van der Waals surface area contributed by atoms with E-state index in [1.165, 1.54) is 0 Å². The van der Waals surface area contributed by atoms with Crippen molar-refractivity contribution in [2.45, 2.75) is 37.7 Å². The number of hydrogen-bond donors (Lipinski definition) is 0. The van der Waals surface area contributed by atoms with Crippen LogP contribution in [-0.2, 0) is 21.6 Å². The molecule has 25 heavy (non-hydrogen) atoms. The molecular weight excluding hydrogens is 340 g/mol. The number of halogens is 1. The van der Waals surface area contributed by atoms with Crippen LogP contribution < -0.4 is 9.47 Å². The molecule has 2 aromatic rings. The van der Waals surface area contributed by atoms with Crippen LogP contribution in [0.3, 0.4) is 0 Å². The number of benzene rings is 2. The van der Waals surface area contributed by atoms with Crippen LogP contribution in [-0.4, -0.2) is 12.8 Å². The second-order valence-electron chi connectivity index (χ2n) is 6.56. The van der Waals surface area contributed by atoms with Gasteiger partial charge in [-0.15, -0.1) is 0 Å². The van der Waals surface area contributed by atoms with Crippen LogP contribution in [0, 0.1) is 0 Å². The third kappa shape index (κ3) is 3.07. The van der Waals surface area contributed by atoms with E-state index in [0.29, 0.717) is 10.8 Å². The van der Waals surface area contributed by atoms with Crippen LogP contribution in [0.15, 0.2) is 42.5 Å². The topological polar surface area (TPSA) is 44.8 Å². The van der Waals surface area contributed by atoms with E-state index in [9.17, 15) is 4.79 Å². The molecule has 130 valence electrons. The zero-order chi connectivity index (χ0) is 17.3. The lowest BCUT2D eigenvalue weighted by atomic mass is 9.79. The molecule has 1 saturated carbocycles. The molecule has 0 unspecified atom stereocenters. The number of carbonyl (C=O) groups excluding carboxylic acids is 1. The second-order valence-corrected chi connectivity index (χ2v) is 7.00. The first-order valence-electron chi connectivity index (χ1n) is 8.49. The van der Waals surface area contributed by atoms with Crippen molar-refractivity contribution in [3.63, 3.8) is 0 Å². The Bertz CT molecular complexity index is 779. The molecule has 4 rings (SSSR count). The van der Waals surface area contributed by atoms with Crippen molar-refractivity contribution in [1.82, 2.24) is 0 Å². The molecule has 0 atom stereocenters. The van der Waals surface area contributed by atoms with Crippen LogP contribution >= 0.6 is 11.6 Å². The lowest BCUT2D eigenvalue weighted by Gasteiger charge is -2.27. The number of esters is 1. The van der Waals surface area contributed by atoms with Gasteiger partial charge in [-0.3, -0.25) is 4.79 Å². The average Bonchev–Trinajstić information content (AvgIpc) is 3.29. The van der Waals surface area contributed by atoms with Crippen molar-refractivity contribution >= 4 is 17.6 Å². The summed E-state index contributed by atoms with van der Waals surface area (Å²) in [6, 6.07) is 13.1. The standard InChI is InChI=1S/C20H19ClO4/c21-16-6-4-15(5-7-16)20(9-1-2-10-20)19(22)23-12-14-3-8-17-18(11-14)25-13-24-17/h3-8,11H,1-2,9-10,12-13H2. The molecule has 2 aliphatic rings. The van der Waals surface area contributed by atoms with E-state index in [0.717, 1.165) is 42.6 Å². The number of rotatable bonds is 4. The number of hydrogen-bond acceptors (Lipinski definition) is 4. The van der Waals surface area contributed by atoms with Crippen molar-refractivity contribution in [3.8, 4) is 11.5 Å². The average molecular weight is 359 g/mol. The largest absolute Gasteiger partial charge is 0.460 e. The summed E-state index contributed by atoms with van der Waals surface area (Å²) in [7, 11) is 0. The van der Waals surface area contributed by atoms with E-state index in [-0.39, 0.29) is 19.4 Å². The molecular formula is C20H19ClO4. The lowest BCUT2D eigenvalue weighted by molar-refractivity contribution is -0.152. The Hall–Kier alpha value is -2.20. The van der Waals surface area contributed by atoms with Crippen LogP contribution in [0.2, 0.25) is 5.02 Å². The van der Waals surface area contributed by atoms with Crippen molar-refractivity contribution < 1.29 is 19.0 Å². The summed E-state index contributed by atoms with van der Waals surface area (Å²) in [6.45, 7) is 0.461. The minimum Gasteiger partial charge on any atom is -0.460 e. The van der Waals surface area contributed by atoms with Crippen molar-refractivity contribution in [2.75, 3.05) is 6.79 Å². The molecule has 2 aromatic carbocycles. The van der Waals surface area contributed by atoms with Gasteiger partial charge in [0, 0.05) is 5.02 Å². The normalized spacial score (nSPS) is 17.5. The minimum absolute atomic E-state index is 0.162. The Balaban J connectivity index is 1.51. The first kappa shape index (κ1) is 16.3. The van der Waals surface area contributed by atoms with Crippen LogP contribution in [0.4, 0.5) is 0 Å². The fraction of sp³-hybridized carbons (Fsp3) is 0.350. The first-order chi connectivity index (χ1) is 12.2. The van der Waals surface area contributed by atoms with E-state index >= 15 is 0 Å². The van der Waals surface area contributed by atoms with E-state index in [1.54, 1.807) is 0 Å². The Morgan fingerprint density at radius 1 is 1.04 bits per heavy atom. The molecule has 0 bridgehead atoms. The number of ether oxygens (including phenoxy) is 3. The van der Waals surface area contributed by atoms with Crippen LogP contribution in [0.5, 0.6) is 11.5 Å². The summed E-state index contributed by atoms with van der Waals surface area (Å²) < 4.78 is 16.4. The molecule has 5 heteroatoms. The van der Waals surface area contributed by atoms with Crippen LogP contribution in [0.1, 0.15) is 36.8 Å². The maximum atomic E-state index is 12.9. The molecule has 1 aliphatic carbocycles. The van der Waals surface area contributed by atoms with Gasteiger partial charge in [0.1, 0.15) is 6.61 Å². The zero-order valence-electron chi connectivity index (χ0n) is 13.8. The summed E-state index contributed by atoms with van der Waals surface area (Å²) >= 11 is 5.99. The Labute approximate surface area is 151 Å². The third-order valence-electron chi connectivity index (χ3n) is 5.05. The first-order valence-corrected chi connectivity index (χ1v) is 8.87. The van der Waals surface area contributed by atoms with Crippen molar-refractivity contribution in [2.24, 2.45) is 0 Å². The molecule has 0 N–H and O–H groups in total. The molecule has 4 nitrogen and oxygen atoms in total. The highest BCUT2D eigenvalue weighted by molar-refractivity contribution is 6.30. The molecule has 0 spiro atoms. The van der Waals surface area contributed by atoms with Gasteiger partial charge < -0.3 is 14.2 Å². The Kier molecular flexibility index (Phi) is 4.30. The van der Waals surface area contributed by atoms with Gasteiger partial charge in [-0.1, -0.05) is 42.6 Å². The highest BCUT2D eigenvalue weighted by Gasteiger charge is 2.44. The van der Waals surface area contributed by atoms with Gasteiger partial charge in [-0.2, -0.15) is 0 Å². The summed E-state index contributed by atoms with van der Waals surface area (Å²) in [6.07, 6.45) is 3.69. The quantitative estimate of drug-likeness (QED) is 0.748. The maximum absolute atomic E-state index is 12.9. The SMILES string of the molecule is O=C(OCc1ccc2c(c1)OCO2)C1(c2ccc(Cl)cc2)CCCC1. The van der Waals surface area contributed by atoms with Gasteiger partial charge in [0.05, 0.1) is 5.41 Å². The van der Waals surface area contributed by atoms with Gasteiger partial charge in [-0.25, -0.2) is 0 Å². The van der Waals surface area contributed by atoms with Gasteiger partial charge in [0.25, 0.3) is 0 Å². The highest BCUT2D eigenvalue weighted by Crippen LogP contribution is 2.42. The number of carbonyl (C=O) groups is 1. The predicted octanol–water partition coefficient (Wildman–Crippen LogP) is 4.62. The van der Waals surface area contributed by atoms with Gasteiger partial charge >= 0.3 is 5.97 Å². The fourth-order valence-electron chi connectivity index (χ4n) is 3.68. The Morgan fingerprint density at radius 3 is 2.52 bits per heavy atom. The number of fused-ring (bicyclic) bond motifs is 1. The van der Waals surface area contributed by atoms with Gasteiger partial charge in [-0.05, 0) is 48.2 Å². The Morgan fingerprint density at radius 2 is 1.76 bits per heavy atom. The second kappa shape index (κ2) is 6.60. The predicted molar refractivity (Wildman–Crippen MR) is 94.0 cm³/mol. The summed E-state index contributed by atoms with van der Waals surface area (Å²) in [5.74, 6) is 1.26. The molecule has 0 aromatic heterocycles. The monoisotopic (exact) mass is 358 g/mol. The minimum atomic E-state index is -0.555. The van der Waals surface area contributed by atoms with E-state index in [4.69, 9.17) is 25.8 Å². The fourth-order valence-corrected chi connectivity index (χ4v) is 3.80. The summed E-state index contributed by atoms with van der Waals surface area (Å²) in [5.41, 5.74) is 1.33.